The molecule has 0 unspecified atom stereocenters. The lowest BCUT2D eigenvalue weighted by Gasteiger charge is -2.31. The summed E-state index contributed by atoms with van der Waals surface area (Å²) in [6.07, 6.45) is 5.57. The number of rotatable bonds is 4. The molecule has 2 amide bonds. The third kappa shape index (κ3) is 4.60. The van der Waals surface area contributed by atoms with E-state index in [0.717, 1.165) is 4.47 Å². The van der Waals surface area contributed by atoms with Crippen LogP contribution in [0.5, 0.6) is 0 Å². The van der Waals surface area contributed by atoms with Crippen LogP contribution < -0.4 is 5.32 Å². The Hall–Kier alpha value is -2.41. The van der Waals surface area contributed by atoms with Crippen LogP contribution in [0.25, 0.3) is 6.08 Å². The molecule has 0 saturated carbocycles. The van der Waals surface area contributed by atoms with Gasteiger partial charge in [-0.05, 0) is 49.2 Å². The van der Waals surface area contributed by atoms with Gasteiger partial charge < -0.3 is 14.6 Å². The molecule has 1 fully saturated rings. The molecule has 0 bridgehead atoms. The summed E-state index contributed by atoms with van der Waals surface area (Å²) < 4.78 is 19.5. The number of furan rings is 1. The van der Waals surface area contributed by atoms with Crippen molar-refractivity contribution in [2.75, 3.05) is 13.1 Å². The smallest absolute Gasteiger partial charge is 0.289 e. The molecule has 1 aliphatic heterocycles. The van der Waals surface area contributed by atoms with Gasteiger partial charge in [0, 0.05) is 35.2 Å². The molecule has 26 heavy (non-hydrogen) atoms. The summed E-state index contributed by atoms with van der Waals surface area (Å²) in [5.74, 6) is -0.474. The Morgan fingerprint density at radius 3 is 2.73 bits per heavy atom. The van der Waals surface area contributed by atoms with Crippen LogP contribution in [-0.4, -0.2) is 35.8 Å². The van der Waals surface area contributed by atoms with Gasteiger partial charge in [0.15, 0.2) is 5.76 Å². The Labute approximate surface area is 159 Å². The Morgan fingerprint density at radius 2 is 2.04 bits per heavy atom. The van der Waals surface area contributed by atoms with E-state index in [-0.39, 0.29) is 23.7 Å². The number of halogens is 2. The van der Waals surface area contributed by atoms with Crippen LogP contribution >= 0.6 is 15.9 Å². The monoisotopic (exact) mass is 420 g/mol. The number of benzene rings is 1. The van der Waals surface area contributed by atoms with Crippen molar-refractivity contribution < 1.29 is 18.4 Å². The van der Waals surface area contributed by atoms with Gasteiger partial charge >= 0.3 is 0 Å². The SMILES string of the molecule is O=C(/C=C/c1cc(Br)ccc1F)NC1CCN(C(=O)c2ccco2)CC1. The highest BCUT2D eigenvalue weighted by atomic mass is 79.9. The van der Waals surface area contributed by atoms with Crippen molar-refractivity contribution in [2.24, 2.45) is 0 Å². The molecule has 0 radical (unpaired) electrons. The average molecular weight is 421 g/mol. The van der Waals surface area contributed by atoms with Gasteiger partial charge in [0.1, 0.15) is 5.82 Å². The van der Waals surface area contributed by atoms with Crippen LogP contribution in [0.3, 0.4) is 0 Å². The van der Waals surface area contributed by atoms with Crippen LogP contribution in [0.4, 0.5) is 4.39 Å². The summed E-state index contributed by atoms with van der Waals surface area (Å²) >= 11 is 3.27. The third-order valence-corrected chi connectivity index (χ3v) is 4.73. The first kappa shape index (κ1) is 18.4. The van der Waals surface area contributed by atoms with Gasteiger partial charge in [-0.1, -0.05) is 15.9 Å². The summed E-state index contributed by atoms with van der Waals surface area (Å²) in [5.41, 5.74) is 0.341. The van der Waals surface area contributed by atoms with Crippen molar-refractivity contribution in [3.05, 3.63) is 64.3 Å². The molecule has 0 atom stereocenters. The Bertz CT molecular complexity index is 812. The largest absolute Gasteiger partial charge is 0.459 e. The van der Waals surface area contributed by atoms with E-state index < -0.39 is 0 Å². The first-order chi connectivity index (χ1) is 12.5. The molecule has 1 saturated heterocycles. The van der Waals surface area contributed by atoms with Gasteiger partial charge in [-0.3, -0.25) is 9.59 Å². The third-order valence-electron chi connectivity index (χ3n) is 4.23. The molecule has 1 aromatic heterocycles. The van der Waals surface area contributed by atoms with E-state index in [1.807, 2.05) is 0 Å². The number of amides is 2. The first-order valence-corrected chi connectivity index (χ1v) is 9.08. The van der Waals surface area contributed by atoms with Crippen LogP contribution in [0.2, 0.25) is 0 Å². The Kier molecular flexibility index (Phi) is 5.88. The molecular formula is C19H18BrFN2O3. The zero-order valence-corrected chi connectivity index (χ0v) is 15.5. The zero-order chi connectivity index (χ0) is 18.5. The maximum atomic E-state index is 13.7. The maximum Gasteiger partial charge on any atom is 0.289 e. The van der Waals surface area contributed by atoms with Gasteiger partial charge in [-0.15, -0.1) is 0 Å². The van der Waals surface area contributed by atoms with Crippen LogP contribution in [0.15, 0.2) is 51.6 Å². The minimum Gasteiger partial charge on any atom is -0.459 e. The van der Waals surface area contributed by atoms with Crippen molar-refractivity contribution >= 4 is 33.8 Å². The van der Waals surface area contributed by atoms with Gasteiger partial charge in [0.05, 0.1) is 6.26 Å². The Balaban J connectivity index is 1.49. The molecule has 3 rings (SSSR count). The molecule has 0 aliphatic carbocycles. The quantitative estimate of drug-likeness (QED) is 0.768. The van der Waals surface area contributed by atoms with E-state index in [2.05, 4.69) is 21.2 Å². The van der Waals surface area contributed by atoms with Crippen molar-refractivity contribution in [1.29, 1.82) is 0 Å². The summed E-state index contributed by atoms with van der Waals surface area (Å²) in [7, 11) is 0. The van der Waals surface area contributed by atoms with Crippen molar-refractivity contribution in [3.8, 4) is 0 Å². The molecule has 2 heterocycles. The van der Waals surface area contributed by atoms with Crippen molar-refractivity contribution in [3.63, 3.8) is 0 Å². The normalized spacial score (nSPS) is 15.4. The van der Waals surface area contributed by atoms with Gasteiger partial charge in [-0.2, -0.15) is 0 Å². The molecule has 0 spiro atoms. The van der Waals surface area contributed by atoms with Crippen molar-refractivity contribution in [1.82, 2.24) is 10.2 Å². The van der Waals surface area contributed by atoms with E-state index in [1.165, 1.54) is 24.5 Å². The van der Waals surface area contributed by atoms with Crippen LogP contribution in [0.1, 0.15) is 29.0 Å². The number of hydrogen-bond donors (Lipinski definition) is 1. The molecule has 2 aromatic rings. The molecule has 1 aliphatic rings. The highest BCUT2D eigenvalue weighted by Crippen LogP contribution is 2.17. The predicted octanol–water partition coefficient (Wildman–Crippen LogP) is 3.62. The van der Waals surface area contributed by atoms with Crippen molar-refractivity contribution in [2.45, 2.75) is 18.9 Å². The second-order valence-electron chi connectivity index (χ2n) is 6.05. The fraction of sp³-hybridized carbons (Fsp3) is 0.263. The number of nitrogens with zero attached hydrogens (tertiary/aromatic N) is 1. The number of hydrogen-bond acceptors (Lipinski definition) is 3. The van der Waals surface area contributed by atoms with E-state index in [4.69, 9.17) is 4.42 Å². The summed E-state index contributed by atoms with van der Waals surface area (Å²) in [4.78, 5) is 26.0. The van der Waals surface area contributed by atoms with Gasteiger partial charge in [0.25, 0.3) is 5.91 Å². The van der Waals surface area contributed by atoms with E-state index in [1.54, 1.807) is 29.2 Å². The lowest BCUT2D eigenvalue weighted by Crippen LogP contribution is -2.46. The second-order valence-corrected chi connectivity index (χ2v) is 6.97. The summed E-state index contributed by atoms with van der Waals surface area (Å²) in [6.45, 7) is 1.10. The molecule has 136 valence electrons. The van der Waals surface area contributed by atoms with E-state index >= 15 is 0 Å². The highest BCUT2D eigenvalue weighted by Gasteiger charge is 2.25. The predicted molar refractivity (Wildman–Crippen MR) is 98.9 cm³/mol. The second kappa shape index (κ2) is 8.31. The topological polar surface area (TPSA) is 62.6 Å². The number of nitrogens with one attached hydrogen (secondary N) is 1. The fourth-order valence-electron chi connectivity index (χ4n) is 2.84. The van der Waals surface area contributed by atoms with Crippen LogP contribution in [0, 0.1) is 5.82 Å². The standard InChI is InChI=1S/C19H18BrFN2O3/c20-14-4-5-16(21)13(12-14)3-6-18(24)22-15-7-9-23(10-8-15)19(25)17-2-1-11-26-17/h1-6,11-12,15H,7-10H2,(H,22,24)/b6-3+. The number of likely N-dealkylation sites (tertiary alicyclic amines) is 1. The van der Waals surface area contributed by atoms with Crippen LogP contribution in [-0.2, 0) is 4.79 Å². The molecular weight excluding hydrogens is 403 g/mol. The summed E-state index contributed by atoms with van der Waals surface area (Å²) in [5, 5.41) is 2.90. The summed E-state index contributed by atoms with van der Waals surface area (Å²) in [6, 6.07) is 7.86. The average Bonchev–Trinajstić information content (AvgIpc) is 3.17. The minimum absolute atomic E-state index is 0.0137. The number of carbonyl (C=O) groups excluding carboxylic acids is 2. The number of carbonyl (C=O) groups is 2. The van der Waals surface area contributed by atoms with E-state index in [0.29, 0.717) is 37.3 Å². The van der Waals surface area contributed by atoms with E-state index in [9.17, 15) is 14.0 Å². The molecule has 5 nitrogen and oxygen atoms in total. The maximum absolute atomic E-state index is 13.7. The lowest BCUT2D eigenvalue weighted by atomic mass is 10.0. The molecule has 1 aromatic carbocycles. The molecule has 1 N–H and O–H groups in total. The minimum atomic E-state index is -0.387. The lowest BCUT2D eigenvalue weighted by molar-refractivity contribution is -0.117. The zero-order valence-electron chi connectivity index (χ0n) is 14.0. The molecule has 7 heteroatoms. The Morgan fingerprint density at radius 1 is 1.27 bits per heavy atom. The van der Waals surface area contributed by atoms with Gasteiger partial charge in [-0.25, -0.2) is 4.39 Å². The number of piperidine rings is 1. The fourth-order valence-corrected chi connectivity index (χ4v) is 3.22. The highest BCUT2D eigenvalue weighted by molar-refractivity contribution is 9.10. The van der Waals surface area contributed by atoms with Gasteiger partial charge in [0.2, 0.25) is 5.91 Å². The first-order valence-electron chi connectivity index (χ1n) is 8.29.